The van der Waals surface area contributed by atoms with Gasteiger partial charge in [0.05, 0.1) is 10.4 Å². The van der Waals surface area contributed by atoms with Gasteiger partial charge in [-0.25, -0.2) is 4.99 Å². The van der Waals surface area contributed by atoms with Gasteiger partial charge in [-0.15, -0.1) is 0 Å². The van der Waals surface area contributed by atoms with Gasteiger partial charge in [0.25, 0.3) is 0 Å². The molecule has 1 heterocycles. The summed E-state index contributed by atoms with van der Waals surface area (Å²) in [7, 11) is 8.27. The van der Waals surface area contributed by atoms with Gasteiger partial charge in [0.2, 0.25) is 0 Å². The van der Waals surface area contributed by atoms with Crippen LogP contribution in [0.1, 0.15) is 119 Å². The highest BCUT2D eigenvalue weighted by molar-refractivity contribution is 8.16. The quantitative estimate of drug-likeness (QED) is 0.122. The molecule has 0 aromatic heterocycles. The summed E-state index contributed by atoms with van der Waals surface area (Å²) in [5, 5.41) is 0.628. The number of rotatable bonds is 19. The zero-order chi connectivity index (χ0) is 32.9. The van der Waals surface area contributed by atoms with E-state index in [2.05, 4.69) is 119 Å². The Labute approximate surface area is 284 Å². The molecule has 0 spiro atoms. The number of ketones is 1. The van der Waals surface area contributed by atoms with E-state index in [-0.39, 0.29) is 5.78 Å². The standard InChI is InChI=1S/C41H57N3OS/c1-7-8-9-10-11-12-13-14-15-16-17-18-19-20-39(45)40-42-38-30-21-32(2)31-37(38)41(46-40,33-22-26-35(27-23-33)43(3)4)34-24-28-36(29-25-34)44(5)6/h21-31H,7-20H2,1-6H3. The fourth-order valence-corrected chi connectivity index (χ4v) is 7.91. The zero-order valence-corrected chi connectivity index (χ0v) is 30.2. The molecule has 4 rings (SSSR count). The number of nitrogens with zero attached hydrogens (tertiary/aromatic N) is 3. The number of carbonyl (C=O) groups excluding carboxylic acids is 1. The van der Waals surface area contributed by atoms with Crippen molar-refractivity contribution >= 4 is 39.7 Å². The second-order valence-electron chi connectivity index (χ2n) is 13.5. The Morgan fingerprint density at radius 1 is 0.652 bits per heavy atom. The highest BCUT2D eigenvalue weighted by atomic mass is 32.2. The monoisotopic (exact) mass is 639 g/mol. The lowest BCUT2D eigenvalue weighted by atomic mass is 9.82. The van der Waals surface area contributed by atoms with Crippen LogP contribution in [0.5, 0.6) is 0 Å². The number of thioether (sulfide) groups is 1. The summed E-state index contributed by atoms with van der Waals surface area (Å²) in [5.41, 5.74) is 7.86. The van der Waals surface area contributed by atoms with Crippen molar-refractivity contribution in [1.29, 1.82) is 0 Å². The number of hydrogen-bond donors (Lipinski definition) is 0. The molecule has 248 valence electrons. The molecule has 0 saturated carbocycles. The Morgan fingerprint density at radius 3 is 1.57 bits per heavy atom. The molecule has 1 aliphatic heterocycles. The van der Waals surface area contributed by atoms with Crippen molar-refractivity contribution in [3.05, 3.63) is 89.0 Å². The van der Waals surface area contributed by atoms with Crippen LogP contribution in [-0.2, 0) is 9.54 Å². The van der Waals surface area contributed by atoms with Crippen LogP contribution < -0.4 is 9.80 Å². The Morgan fingerprint density at radius 2 is 1.11 bits per heavy atom. The molecular weight excluding hydrogens is 583 g/mol. The number of aryl methyl sites for hydroxylation is 1. The van der Waals surface area contributed by atoms with E-state index in [0.29, 0.717) is 11.5 Å². The van der Waals surface area contributed by atoms with E-state index in [9.17, 15) is 4.79 Å². The number of carbonyl (C=O) groups is 1. The largest absolute Gasteiger partial charge is 0.378 e. The van der Waals surface area contributed by atoms with Crippen LogP contribution in [0.25, 0.3) is 0 Å². The molecule has 0 aliphatic carbocycles. The van der Waals surface area contributed by atoms with Gasteiger partial charge >= 0.3 is 0 Å². The number of aliphatic imine (C=N–C) groups is 1. The number of hydrogen-bond acceptors (Lipinski definition) is 5. The molecule has 1 aliphatic rings. The predicted octanol–water partition coefficient (Wildman–Crippen LogP) is 11.2. The third-order valence-corrected chi connectivity index (χ3v) is 10.8. The number of Topliss-reactive ketones (excluding diaryl/α,β-unsaturated/α-hetero) is 1. The molecule has 0 saturated heterocycles. The van der Waals surface area contributed by atoms with Crippen molar-refractivity contribution in [3.63, 3.8) is 0 Å². The normalized spacial score (nSPS) is 13.7. The van der Waals surface area contributed by atoms with Gasteiger partial charge in [0.1, 0.15) is 5.04 Å². The van der Waals surface area contributed by atoms with E-state index in [0.717, 1.165) is 46.6 Å². The molecule has 0 radical (unpaired) electrons. The third kappa shape index (κ3) is 9.27. The minimum atomic E-state index is -0.584. The molecule has 0 fully saturated rings. The van der Waals surface area contributed by atoms with Crippen LogP contribution in [0.15, 0.2) is 71.7 Å². The minimum absolute atomic E-state index is 0.165. The van der Waals surface area contributed by atoms with Crippen molar-refractivity contribution < 1.29 is 4.79 Å². The topological polar surface area (TPSA) is 35.9 Å². The average molecular weight is 640 g/mol. The van der Waals surface area contributed by atoms with Crippen LogP contribution >= 0.6 is 11.8 Å². The highest BCUT2D eigenvalue weighted by Gasteiger charge is 2.44. The molecule has 0 atom stereocenters. The Kier molecular flexibility index (Phi) is 13.8. The molecule has 3 aromatic rings. The lowest BCUT2D eigenvalue weighted by Crippen LogP contribution is -2.32. The van der Waals surface area contributed by atoms with Crippen molar-refractivity contribution in [1.82, 2.24) is 0 Å². The molecule has 5 heteroatoms. The van der Waals surface area contributed by atoms with Gasteiger partial charge in [-0.2, -0.15) is 0 Å². The van der Waals surface area contributed by atoms with Crippen LogP contribution in [0, 0.1) is 6.92 Å². The van der Waals surface area contributed by atoms with E-state index in [1.807, 2.05) is 0 Å². The number of anilines is 2. The van der Waals surface area contributed by atoms with Crippen LogP contribution in [-0.4, -0.2) is 39.0 Å². The summed E-state index contributed by atoms with van der Waals surface area (Å²) in [6.45, 7) is 4.42. The SMILES string of the molecule is CCCCCCCCCCCCCCCC(=O)C1=Nc2ccc(C)cc2C(c2ccc(N(C)C)cc2)(c2ccc(N(C)C)cc2)S1. The summed E-state index contributed by atoms with van der Waals surface area (Å²) in [6, 6.07) is 24.1. The average Bonchev–Trinajstić information content (AvgIpc) is 3.06. The minimum Gasteiger partial charge on any atom is -0.378 e. The summed E-state index contributed by atoms with van der Waals surface area (Å²) in [6.07, 6.45) is 17.5. The molecule has 4 nitrogen and oxygen atoms in total. The smallest absolute Gasteiger partial charge is 0.187 e. The fraction of sp³-hybridized carbons (Fsp3) is 0.512. The summed E-state index contributed by atoms with van der Waals surface area (Å²) >= 11 is 1.63. The van der Waals surface area contributed by atoms with Gasteiger partial charge in [-0.1, -0.05) is 138 Å². The van der Waals surface area contributed by atoms with Crippen LogP contribution in [0.4, 0.5) is 17.1 Å². The van der Waals surface area contributed by atoms with Crippen molar-refractivity contribution in [2.45, 2.75) is 108 Å². The Bertz CT molecular complexity index is 1360. The number of unbranched alkanes of at least 4 members (excludes halogenated alkanes) is 12. The second kappa shape index (κ2) is 17.8. The van der Waals surface area contributed by atoms with Gasteiger partial charge in [-0.05, 0) is 54.8 Å². The van der Waals surface area contributed by atoms with Gasteiger partial charge < -0.3 is 9.80 Å². The van der Waals surface area contributed by atoms with Gasteiger partial charge in [-0.3, -0.25) is 4.79 Å². The number of fused-ring (bicyclic) bond motifs is 1. The lowest BCUT2D eigenvalue weighted by molar-refractivity contribution is -0.112. The van der Waals surface area contributed by atoms with Crippen molar-refractivity contribution in [3.8, 4) is 0 Å². The summed E-state index contributed by atoms with van der Waals surface area (Å²) in [4.78, 5) is 23.1. The molecule has 0 amide bonds. The molecule has 0 N–H and O–H groups in total. The first-order chi connectivity index (χ1) is 22.3. The predicted molar refractivity (Wildman–Crippen MR) is 203 cm³/mol. The van der Waals surface area contributed by atoms with Crippen LogP contribution in [0.2, 0.25) is 0 Å². The maximum Gasteiger partial charge on any atom is 0.187 e. The lowest BCUT2D eigenvalue weighted by Gasteiger charge is -2.39. The summed E-state index contributed by atoms with van der Waals surface area (Å²) < 4.78 is -0.584. The third-order valence-electron chi connectivity index (χ3n) is 9.33. The summed E-state index contributed by atoms with van der Waals surface area (Å²) in [5.74, 6) is 0.165. The molecule has 0 unspecified atom stereocenters. The maximum atomic E-state index is 13.8. The van der Waals surface area contributed by atoms with Gasteiger partial charge in [0, 0.05) is 51.5 Å². The van der Waals surface area contributed by atoms with E-state index < -0.39 is 4.75 Å². The second-order valence-corrected chi connectivity index (χ2v) is 14.7. The van der Waals surface area contributed by atoms with E-state index in [4.69, 9.17) is 4.99 Å². The molecular formula is C41H57N3OS. The molecule has 46 heavy (non-hydrogen) atoms. The zero-order valence-electron chi connectivity index (χ0n) is 29.4. The van der Waals surface area contributed by atoms with E-state index in [1.165, 1.54) is 76.2 Å². The van der Waals surface area contributed by atoms with E-state index >= 15 is 0 Å². The van der Waals surface area contributed by atoms with Crippen molar-refractivity contribution in [2.24, 2.45) is 4.99 Å². The fourth-order valence-electron chi connectivity index (χ4n) is 6.48. The highest BCUT2D eigenvalue weighted by Crippen LogP contribution is 2.55. The Hall–Kier alpha value is -3.05. The van der Waals surface area contributed by atoms with E-state index in [1.54, 1.807) is 11.8 Å². The number of benzene rings is 3. The maximum absolute atomic E-state index is 13.8. The molecule has 3 aromatic carbocycles. The first-order valence-electron chi connectivity index (χ1n) is 17.7. The first kappa shape index (κ1) is 35.8. The van der Waals surface area contributed by atoms with Crippen LogP contribution in [0.3, 0.4) is 0 Å². The Balaban J connectivity index is 1.48. The molecule has 0 bridgehead atoms. The van der Waals surface area contributed by atoms with Gasteiger partial charge in [0.15, 0.2) is 5.78 Å². The first-order valence-corrected chi connectivity index (χ1v) is 18.6. The van der Waals surface area contributed by atoms with Crippen molar-refractivity contribution in [2.75, 3.05) is 38.0 Å².